The molecule has 0 amide bonds. The first kappa shape index (κ1) is 15.4. The molecule has 20 heavy (non-hydrogen) atoms. The average molecular weight is 361 g/mol. The zero-order valence-electron chi connectivity index (χ0n) is 10.8. The van der Waals surface area contributed by atoms with Gasteiger partial charge in [0, 0.05) is 10.5 Å². The van der Waals surface area contributed by atoms with Gasteiger partial charge in [-0.05, 0) is 54.9 Å². The third-order valence-electron chi connectivity index (χ3n) is 3.13. The van der Waals surface area contributed by atoms with Gasteiger partial charge >= 0.3 is 0 Å². The van der Waals surface area contributed by atoms with Gasteiger partial charge in [-0.3, -0.25) is 0 Å². The van der Waals surface area contributed by atoms with Crippen LogP contribution in [-0.4, -0.2) is 7.05 Å². The highest BCUT2D eigenvalue weighted by atomic mass is 79.9. The van der Waals surface area contributed by atoms with Gasteiger partial charge < -0.3 is 5.32 Å². The smallest absolute Gasteiger partial charge is 0.141 e. The van der Waals surface area contributed by atoms with Gasteiger partial charge in [0.15, 0.2) is 0 Å². The van der Waals surface area contributed by atoms with Crippen molar-refractivity contribution in [3.63, 3.8) is 0 Å². The molecule has 1 N–H and O–H groups in total. The van der Waals surface area contributed by atoms with E-state index in [2.05, 4.69) is 21.2 Å². The quantitative estimate of drug-likeness (QED) is 0.819. The molecular weight excluding hydrogens is 348 g/mol. The van der Waals surface area contributed by atoms with Crippen molar-refractivity contribution in [3.8, 4) is 0 Å². The highest BCUT2D eigenvalue weighted by Crippen LogP contribution is 2.25. The Morgan fingerprint density at radius 2 is 1.85 bits per heavy atom. The maximum atomic E-state index is 13.8. The molecule has 0 spiro atoms. The van der Waals surface area contributed by atoms with Gasteiger partial charge in [0.2, 0.25) is 0 Å². The SMILES string of the molecule is CNC(Cc1cc(Br)ccc1F)c1ccc(F)c(Cl)c1. The van der Waals surface area contributed by atoms with Gasteiger partial charge in [-0.25, -0.2) is 8.78 Å². The molecule has 1 nitrogen and oxygen atoms in total. The highest BCUT2D eigenvalue weighted by Gasteiger charge is 2.14. The lowest BCUT2D eigenvalue weighted by molar-refractivity contribution is 0.552. The van der Waals surface area contributed by atoms with Crippen molar-refractivity contribution in [1.29, 1.82) is 0 Å². The molecule has 0 saturated heterocycles. The summed E-state index contributed by atoms with van der Waals surface area (Å²) in [5.74, 6) is -0.722. The summed E-state index contributed by atoms with van der Waals surface area (Å²) in [5, 5.41) is 3.16. The van der Waals surface area contributed by atoms with E-state index in [4.69, 9.17) is 11.6 Å². The second-order valence-electron chi connectivity index (χ2n) is 4.45. The molecule has 0 aliphatic rings. The lowest BCUT2D eigenvalue weighted by Gasteiger charge is -2.18. The topological polar surface area (TPSA) is 12.0 Å². The Morgan fingerprint density at radius 1 is 1.15 bits per heavy atom. The number of halogens is 4. The molecule has 0 bridgehead atoms. The van der Waals surface area contributed by atoms with Crippen molar-refractivity contribution in [2.45, 2.75) is 12.5 Å². The molecule has 1 atom stereocenters. The van der Waals surface area contributed by atoms with Crippen LogP contribution < -0.4 is 5.32 Å². The number of hydrogen-bond donors (Lipinski definition) is 1. The van der Waals surface area contributed by atoms with Crippen LogP contribution in [0.3, 0.4) is 0 Å². The van der Waals surface area contributed by atoms with Crippen LogP contribution >= 0.6 is 27.5 Å². The third-order valence-corrected chi connectivity index (χ3v) is 3.91. The van der Waals surface area contributed by atoms with E-state index in [1.54, 1.807) is 31.3 Å². The molecule has 0 aliphatic carbocycles. The van der Waals surface area contributed by atoms with Gasteiger partial charge in [0.05, 0.1) is 5.02 Å². The summed E-state index contributed by atoms with van der Waals surface area (Å²) in [6.07, 6.45) is 0.448. The summed E-state index contributed by atoms with van der Waals surface area (Å²) in [4.78, 5) is 0. The van der Waals surface area contributed by atoms with Crippen LogP contribution in [0.1, 0.15) is 17.2 Å². The first-order chi connectivity index (χ1) is 9.51. The summed E-state index contributed by atoms with van der Waals surface area (Å²) in [6.45, 7) is 0. The monoisotopic (exact) mass is 359 g/mol. The van der Waals surface area contributed by atoms with Crippen LogP contribution in [0, 0.1) is 11.6 Å². The van der Waals surface area contributed by atoms with Crippen molar-refractivity contribution in [2.75, 3.05) is 7.05 Å². The lowest BCUT2D eigenvalue weighted by atomic mass is 9.98. The lowest BCUT2D eigenvalue weighted by Crippen LogP contribution is -2.19. The van der Waals surface area contributed by atoms with Gasteiger partial charge in [0.25, 0.3) is 0 Å². The first-order valence-electron chi connectivity index (χ1n) is 6.07. The minimum absolute atomic E-state index is 0.0671. The van der Waals surface area contributed by atoms with Crippen LogP contribution in [0.15, 0.2) is 40.9 Å². The van der Waals surface area contributed by atoms with E-state index in [0.29, 0.717) is 12.0 Å². The van der Waals surface area contributed by atoms with Gasteiger partial charge in [-0.2, -0.15) is 0 Å². The standard InChI is InChI=1S/C15H13BrClF2N/c1-20-15(9-2-4-14(19)12(17)7-9)8-10-6-11(16)3-5-13(10)18/h2-7,15,20H,8H2,1H3. The van der Waals surface area contributed by atoms with Crippen molar-refractivity contribution in [2.24, 2.45) is 0 Å². The van der Waals surface area contributed by atoms with E-state index in [1.807, 2.05) is 0 Å². The second-order valence-corrected chi connectivity index (χ2v) is 5.78. The molecule has 1 unspecified atom stereocenters. The van der Waals surface area contributed by atoms with E-state index in [1.165, 1.54) is 12.1 Å². The van der Waals surface area contributed by atoms with E-state index in [9.17, 15) is 8.78 Å². The Bertz CT molecular complexity index is 619. The van der Waals surface area contributed by atoms with Crippen LogP contribution in [0.25, 0.3) is 0 Å². The molecule has 0 radical (unpaired) electrons. The normalized spacial score (nSPS) is 12.4. The Morgan fingerprint density at radius 3 is 2.50 bits per heavy atom. The predicted octanol–water partition coefficient (Wildman–Crippen LogP) is 4.88. The highest BCUT2D eigenvalue weighted by molar-refractivity contribution is 9.10. The molecule has 0 heterocycles. The van der Waals surface area contributed by atoms with Crippen molar-refractivity contribution < 1.29 is 8.78 Å². The molecule has 106 valence electrons. The Balaban J connectivity index is 2.28. The average Bonchev–Trinajstić information content (AvgIpc) is 2.43. The zero-order chi connectivity index (χ0) is 14.7. The van der Waals surface area contributed by atoms with Gasteiger partial charge in [-0.1, -0.05) is 33.6 Å². The fourth-order valence-electron chi connectivity index (χ4n) is 2.04. The second kappa shape index (κ2) is 6.66. The molecule has 0 saturated carbocycles. The molecule has 0 aliphatic heterocycles. The minimum Gasteiger partial charge on any atom is -0.313 e. The van der Waals surface area contributed by atoms with Crippen LogP contribution in [-0.2, 0) is 6.42 Å². The number of likely N-dealkylation sites (N-methyl/N-ethyl adjacent to an activating group) is 1. The van der Waals surface area contributed by atoms with Gasteiger partial charge in [0.1, 0.15) is 11.6 Å². The van der Waals surface area contributed by atoms with Crippen molar-refractivity contribution >= 4 is 27.5 Å². The molecular formula is C15H13BrClF2N. The fraction of sp³-hybridized carbons (Fsp3) is 0.200. The summed E-state index contributed by atoms with van der Waals surface area (Å²) in [6, 6.07) is 9.21. The summed E-state index contributed by atoms with van der Waals surface area (Å²) in [7, 11) is 1.78. The summed E-state index contributed by atoms with van der Waals surface area (Å²) >= 11 is 9.12. The molecule has 2 rings (SSSR count). The molecule has 2 aromatic carbocycles. The number of rotatable bonds is 4. The summed E-state index contributed by atoms with van der Waals surface area (Å²) < 4.78 is 27.8. The third kappa shape index (κ3) is 3.57. The Hall–Kier alpha value is -0.970. The summed E-state index contributed by atoms with van der Waals surface area (Å²) in [5.41, 5.74) is 1.40. The number of nitrogens with one attached hydrogen (secondary N) is 1. The minimum atomic E-state index is -0.459. The van der Waals surface area contributed by atoms with Crippen molar-refractivity contribution in [3.05, 3.63) is 68.7 Å². The van der Waals surface area contributed by atoms with Crippen molar-refractivity contribution in [1.82, 2.24) is 5.32 Å². The van der Waals surface area contributed by atoms with E-state index >= 15 is 0 Å². The van der Waals surface area contributed by atoms with E-state index < -0.39 is 5.82 Å². The Labute approximate surface area is 130 Å². The van der Waals surface area contributed by atoms with E-state index in [0.717, 1.165) is 10.0 Å². The molecule has 0 aromatic heterocycles. The number of benzene rings is 2. The van der Waals surface area contributed by atoms with Crippen LogP contribution in [0.4, 0.5) is 8.78 Å². The van der Waals surface area contributed by atoms with Crippen LogP contribution in [0.2, 0.25) is 5.02 Å². The molecule has 0 fully saturated rings. The molecule has 2 aromatic rings. The predicted molar refractivity (Wildman–Crippen MR) is 81.0 cm³/mol. The molecule has 5 heteroatoms. The Kier molecular flexibility index (Phi) is 5.13. The zero-order valence-corrected chi connectivity index (χ0v) is 13.1. The van der Waals surface area contributed by atoms with Crippen LogP contribution in [0.5, 0.6) is 0 Å². The maximum absolute atomic E-state index is 13.8. The number of hydrogen-bond acceptors (Lipinski definition) is 1. The first-order valence-corrected chi connectivity index (χ1v) is 7.24. The fourth-order valence-corrected chi connectivity index (χ4v) is 2.63. The van der Waals surface area contributed by atoms with E-state index in [-0.39, 0.29) is 16.9 Å². The maximum Gasteiger partial charge on any atom is 0.141 e. The largest absolute Gasteiger partial charge is 0.313 e. The van der Waals surface area contributed by atoms with Gasteiger partial charge in [-0.15, -0.1) is 0 Å².